The monoisotopic (exact) mass is 283 g/mol. The smallest absolute Gasteiger partial charge is 0.265 e. The van der Waals surface area contributed by atoms with E-state index in [9.17, 15) is 8.42 Å². The number of nitrogens with zero attached hydrogens (tertiary/aromatic N) is 1. The molecule has 2 aromatic rings. The number of ether oxygens (including phenoxy) is 1. The molecular weight excluding hydrogens is 270 g/mol. The summed E-state index contributed by atoms with van der Waals surface area (Å²) in [6.07, 6.45) is 0. The van der Waals surface area contributed by atoms with Gasteiger partial charge in [0.05, 0.1) is 12.8 Å². The number of nitrogens with one attached hydrogen (secondary N) is 1. The Labute approximate surface area is 110 Å². The van der Waals surface area contributed by atoms with E-state index in [0.29, 0.717) is 11.5 Å². The number of nitrogen functional groups attached to an aromatic ring is 1. The molecular formula is C11H13N3O4S. The SMILES string of the molecule is COc1ccc(S(=O)(=O)Nc2cc(C)on2)c(N)c1. The zero-order valence-corrected chi connectivity index (χ0v) is 11.2. The van der Waals surface area contributed by atoms with E-state index in [4.69, 9.17) is 15.0 Å². The van der Waals surface area contributed by atoms with Crippen LogP contribution in [0.25, 0.3) is 0 Å². The zero-order valence-electron chi connectivity index (χ0n) is 10.4. The van der Waals surface area contributed by atoms with Gasteiger partial charge in [0.1, 0.15) is 16.4 Å². The first-order chi connectivity index (χ1) is 8.92. The summed E-state index contributed by atoms with van der Waals surface area (Å²) in [4.78, 5) is -0.0473. The standard InChI is InChI=1S/C11H13N3O4S/c1-7-5-11(13-18-7)14-19(15,16)10-4-3-8(17-2)6-9(10)12/h3-6H,12H2,1-2H3,(H,13,14). The first-order valence-corrected chi connectivity index (χ1v) is 6.80. The van der Waals surface area contributed by atoms with Gasteiger partial charge in [-0.25, -0.2) is 8.42 Å². The summed E-state index contributed by atoms with van der Waals surface area (Å²) in [7, 11) is -2.34. The average molecular weight is 283 g/mol. The lowest BCUT2D eigenvalue weighted by atomic mass is 10.3. The van der Waals surface area contributed by atoms with Crippen molar-refractivity contribution >= 4 is 21.5 Å². The minimum Gasteiger partial charge on any atom is -0.497 e. The van der Waals surface area contributed by atoms with E-state index in [1.54, 1.807) is 6.92 Å². The summed E-state index contributed by atoms with van der Waals surface area (Å²) < 4.78 is 36.3. The van der Waals surface area contributed by atoms with Crippen molar-refractivity contribution in [3.05, 3.63) is 30.0 Å². The molecule has 0 saturated carbocycles. The lowest BCUT2D eigenvalue weighted by Crippen LogP contribution is -2.15. The molecule has 19 heavy (non-hydrogen) atoms. The van der Waals surface area contributed by atoms with E-state index in [1.165, 1.54) is 31.4 Å². The Morgan fingerprint density at radius 2 is 2.11 bits per heavy atom. The van der Waals surface area contributed by atoms with Gasteiger partial charge in [0.2, 0.25) is 0 Å². The Kier molecular flexibility index (Phi) is 3.34. The van der Waals surface area contributed by atoms with Gasteiger partial charge in [-0.15, -0.1) is 0 Å². The molecule has 0 amide bonds. The summed E-state index contributed by atoms with van der Waals surface area (Å²) in [5.74, 6) is 1.09. The molecule has 0 fully saturated rings. The van der Waals surface area contributed by atoms with Gasteiger partial charge in [0.25, 0.3) is 10.0 Å². The molecule has 0 radical (unpaired) electrons. The van der Waals surface area contributed by atoms with Crippen LogP contribution >= 0.6 is 0 Å². The van der Waals surface area contributed by atoms with E-state index in [0.717, 1.165) is 0 Å². The van der Waals surface area contributed by atoms with Gasteiger partial charge in [-0.2, -0.15) is 0 Å². The van der Waals surface area contributed by atoms with E-state index in [2.05, 4.69) is 9.88 Å². The normalized spacial score (nSPS) is 11.3. The van der Waals surface area contributed by atoms with Crippen LogP contribution < -0.4 is 15.2 Å². The molecule has 102 valence electrons. The third-order valence-electron chi connectivity index (χ3n) is 2.37. The minimum absolute atomic E-state index is 0.0473. The van der Waals surface area contributed by atoms with Crippen molar-refractivity contribution in [3.63, 3.8) is 0 Å². The van der Waals surface area contributed by atoms with Crippen LogP contribution in [-0.2, 0) is 10.0 Å². The number of aromatic nitrogens is 1. The number of methoxy groups -OCH3 is 1. The molecule has 0 aliphatic rings. The number of benzene rings is 1. The third-order valence-corrected chi connectivity index (χ3v) is 3.80. The first-order valence-electron chi connectivity index (χ1n) is 5.32. The molecule has 1 aromatic carbocycles. The van der Waals surface area contributed by atoms with E-state index >= 15 is 0 Å². The van der Waals surface area contributed by atoms with Gasteiger partial charge in [0, 0.05) is 12.1 Å². The van der Waals surface area contributed by atoms with Crippen molar-refractivity contribution < 1.29 is 17.7 Å². The quantitative estimate of drug-likeness (QED) is 0.821. The molecule has 0 spiro atoms. The van der Waals surface area contributed by atoms with Crippen LogP contribution in [0.5, 0.6) is 5.75 Å². The van der Waals surface area contributed by atoms with Crippen LogP contribution in [0.15, 0.2) is 33.7 Å². The highest BCUT2D eigenvalue weighted by Crippen LogP contribution is 2.25. The van der Waals surface area contributed by atoms with Crippen molar-refractivity contribution in [3.8, 4) is 5.75 Å². The van der Waals surface area contributed by atoms with E-state index < -0.39 is 10.0 Å². The highest BCUT2D eigenvalue weighted by molar-refractivity contribution is 7.92. The molecule has 3 N–H and O–H groups in total. The maximum atomic E-state index is 12.1. The van der Waals surface area contributed by atoms with Crippen LogP contribution in [0.4, 0.5) is 11.5 Å². The Bertz CT molecular complexity index is 694. The molecule has 0 saturated heterocycles. The average Bonchev–Trinajstić information content (AvgIpc) is 2.73. The molecule has 0 unspecified atom stereocenters. The predicted octanol–water partition coefficient (Wildman–Crippen LogP) is 1.37. The molecule has 0 aliphatic carbocycles. The van der Waals surface area contributed by atoms with Crippen molar-refractivity contribution in [2.24, 2.45) is 0 Å². The van der Waals surface area contributed by atoms with Gasteiger partial charge in [0.15, 0.2) is 5.82 Å². The maximum absolute atomic E-state index is 12.1. The third kappa shape index (κ3) is 2.79. The molecule has 1 heterocycles. The predicted molar refractivity (Wildman–Crippen MR) is 69.5 cm³/mol. The van der Waals surface area contributed by atoms with Gasteiger partial charge in [-0.3, -0.25) is 4.72 Å². The van der Waals surface area contributed by atoms with E-state index in [1.807, 2.05) is 0 Å². The second-order valence-corrected chi connectivity index (χ2v) is 5.48. The van der Waals surface area contributed by atoms with Crippen molar-refractivity contribution in [2.45, 2.75) is 11.8 Å². The van der Waals surface area contributed by atoms with Crippen LogP contribution in [0.1, 0.15) is 5.76 Å². The molecule has 0 atom stereocenters. The largest absolute Gasteiger partial charge is 0.497 e. The summed E-state index contributed by atoms with van der Waals surface area (Å²) in [6, 6.07) is 5.78. The summed E-state index contributed by atoms with van der Waals surface area (Å²) in [5, 5.41) is 3.56. The molecule has 0 bridgehead atoms. The van der Waals surface area contributed by atoms with Gasteiger partial charge in [-0.1, -0.05) is 5.16 Å². The van der Waals surface area contributed by atoms with Crippen molar-refractivity contribution in [2.75, 3.05) is 17.6 Å². The van der Waals surface area contributed by atoms with Gasteiger partial charge >= 0.3 is 0 Å². The highest BCUT2D eigenvalue weighted by atomic mass is 32.2. The lowest BCUT2D eigenvalue weighted by Gasteiger charge is -2.09. The van der Waals surface area contributed by atoms with Crippen LogP contribution in [-0.4, -0.2) is 20.7 Å². The Balaban J connectivity index is 2.34. The van der Waals surface area contributed by atoms with Crippen LogP contribution in [0, 0.1) is 6.92 Å². The minimum atomic E-state index is -3.81. The Morgan fingerprint density at radius 1 is 1.37 bits per heavy atom. The molecule has 1 aromatic heterocycles. The Morgan fingerprint density at radius 3 is 2.63 bits per heavy atom. The number of nitrogens with two attached hydrogens (primary N) is 1. The number of sulfonamides is 1. The number of hydrogen-bond acceptors (Lipinski definition) is 6. The van der Waals surface area contributed by atoms with E-state index in [-0.39, 0.29) is 16.4 Å². The fourth-order valence-electron chi connectivity index (χ4n) is 1.51. The fraction of sp³-hybridized carbons (Fsp3) is 0.182. The number of aryl methyl sites for hydroxylation is 1. The molecule has 2 rings (SSSR count). The first kappa shape index (κ1) is 13.2. The van der Waals surface area contributed by atoms with Gasteiger partial charge in [-0.05, 0) is 19.1 Å². The lowest BCUT2D eigenvalue weighted by molar-refractivity contribution is 0.400. The highest BCUT2D eigenvalue weighted by Gasteiger charge is 2.19. The number of anilines is 2. The maximum Gasteiger partial charge on any atom is 0.265 e. The molecule has 8 heteroatoms. The number of rotatable bonds is 4. The second-order valence-electron chi connectivity index (χ2n) is 3.83. The van der Waals surface area contributed by atoms with Crippen molar-refractivity contribution in [1.82, 2.24) is 5.16 Å². The van der Waals surface area contributed by atoms with Crippen LogP contribution in [0.3, 0.4) is 0 Å². The second kappa shape index (κ2) is 4.81. The molecule has 7 nitrogen and oxygen atoms in total. The Hall–Kier alpha value is -2.22. The van der Waals surface area contributed by atoms with Crippen LogP contribution in [0.2, 0.25) is 0 Å². The number of hydrogen-bond donors (Lipinski definition) is 2. The topological polar surface area (TPSA) is 107 Å². The zero-order chi connectivity index (χ0) is 14.0. The van der Waals surface area contributed by atoms with Gasteiger partial charge < -0.3 is 15.0 Å². The summed E-state index contributed by atoms with van der Waals surface area (Å²) in [6.45, 7) is 1.66. The molecule has 0 aliphatic heterocycles. The summed E-state index contributed by atoms with van der Waals surface area (Å²) in [5.41, 5.74) is 5.79. The van der Waals surface area contributed by atoms with Crippen molar-refractivity contribution in [1.29, 1.82) is 0 Å². The summed E-state index contributed by atoms with van der Waals surface area (Å²) >= 11 is 0. The fourth-order valence-corrected chi connectivity index (χ4v) is 2.60.